The molecule has 366 valence electrons. The number of fused-ring (bicyclic) bond motifs is 3. The quantitative estimate of drug-likeness (QED) is 0.202. The van der Waals surface area contributed by atoms with Crippen molar-refractivity contribution >= 4 is 29.2 Å². The van der Waals surface area contributed by atoms with Crippen LogP contribution in [0.5, 0.6) is 0 Å². The topological polar surface area (TPSA) is 195 Å². The van der Waals surface area contributed by atoms with Gasteiger partial charge in [0.25, 0.3) is 11.7 Å². The fourth-order valence-electron chi connectivity index (χ4n) is 10.1. The number of piperidine rings is 1. The molecule has 1 amide bonds. The van der Waals surface area contributed by atoms with Crippen molar-refractivity contribution in [2.45, 2.75) is 180 Å². The van der Waals surface area contributed by atoms with E-state index < -0.39 is 83.9 Å². The van der Waals surface area contributed by atoms with Gasteiger partial charge < -0.3 is 43.9 Å². The van der Waals surface area contributed by atoms with Gasteiger partial charge in [-0.25, -0.2) is 4.79 Å². The second-order valence-corrected chi connectivity index (χ2v) is 19.6. The first-order valence-corrected chi connectivity index (χ1v) is 23.9. The Balaban J connectivity index is 1.70. The van der Waals surface area contributed by atoms with E-state index in [1.54, 1.807) is 41.1 Å². The third-order valence-electron chi connectivity index (χ3n) is 14.5. The van der Waals surface area contributed by atoms with E-state index in [1.807, 2.05) is 58.1 Å². The number of aliphatic hydroxyl groups excluding tert-OH is 2. The number of amides is 1. The van der Waals surface area contributed by atoms with Crippen LogP contribution in [0.15, 0.2) is 47.6 Å². The minimum atomic E-state index is -2.43. The molecular weight excluding hydrogens is 835 g/mol. The van der Waals surface area contributed by atoms with E-state index in [9.17, 15) is 39.3 Å². The Hall–Kier alpha value is -3.37. The lowest BCUT2D eigenvalue weighted by Gasteiger charge is -2.42. The summed E-state index contributed by atoms with van der Waals surface area (Å²) >= 11 is 0. The Morgan fingerprint density at radius 1 is 0.862 bits per heavy atom. The van der Waals surface area contributed by atoms with Crippen LogP contribution in [-0.2, 0) is 47.7 Å². The van der Waals surface area contributed by atoms with Crippen molar-refractivity contribution < 1.29 is 63.0 Å². The van der Waals surface area contributed by atoms with Gasteiger partial charge in [0, 0.05) is 58.5 Å². The number of hydrogen-bond acceptors (Lipinski definition) is 13. The highest BCUT2D eigenvalue weighted by Gasteiger charge is 2.53. The normalized spacial score (nSPS) is 37.8. The van der Waals surface area contributed by atoms with Gasteiger partial charge in [-0.1, -0.05) is 71.1 Å². The lowest BCUT2D eigenvalue weighted by Crippen LogP contribution is -2.61. The summed E-state index contributed by atoms with van der Waals surface area (Å²) in [6.45, 7) is 12.7. The van der Waals surface area contributed by atoms with Gasteiger partial charge in [-0.3, -0.25) is 19.2 Å². The van der Waals surface area contributed by atoms with Crippen molar-refractivity contribution in [3.63, 3.8) is 0 Å². The van der Waals surface area contributed by atoms with Gasteiger partial charge in [-0.2, -0.15) is 0 Å². The van der Waals surface area contributed by atoms with Crippen LogP contribution in [-0.4, -0.2) is 132 Å². The van der Waals surface area contributed by atoms with Crippen molar-refractivity contribution in [3.8, 4) is 0 Å². The van der Waals surface area contributed by atoms with Crippen molar-refractivity contribution in [2.75, 3.05) is 27.9 Å². The molecule has 3 N–H and O–H groups in total. The molecule has 3 unspecified atom stereocenters. The first-order valence-electron chi connectivity index (χ1n) is 23.9. The lowest BCUT2D eigenvalue weighted by atomic mass is 9.78. The SMILES string of the molecule is CO[C@H]1C[C@@H]2CC[C@@H](C)[C@@](O)(O2)C(=O)C(=O)N2CCCC[C@H]2C(=O)O[C@H](C(C)CC2CC[C@@H](O)[C@H](OC)C2)CC(=O)C(C)=CC(C)[C@@H](O)[C@@H](OC)C(=O)[C@H](C)C[C@H](C)C=CC=CC=C1C. The average molecular weight is 914 g/mol. The molecule has 3 aliphatic heterocycles. The molecule has 0 spiro atoms. The van der Waals surface area contributed by atoms with Crippen molar-refractivity contribution in [1.29, 1.82) is 0 Å². The van der Waals surface area contributed by atoms with Gasteiger partial charge in [0.15, 0.2) is 11.6 Å². The van der Waals surface area contributed by atoms with Crippen LogP contribution in [0.25, 0.3) is 0 Å². The van der Waals surface area contributed by atoms with Crippen LogP contribution in [0.2, 0.25) is 0 Å². The molecule has 3 fully saturated rings. The number of cyclic esters (lactones) is 1. The van der Waals surface area contributed by atoms with Gasteiger partial charge >= 0.3 is 5.97 Å². The van der Waals surface area contributed by atoms with E-state index in [0.717, 1.165) is 12.0 Å². The molecule has 0 aromatic heterocycles. The summed E-state index contributed by atoms with van der Waals surface area (Å²) in [5.74, 6) is -7.93. The number of ether oxygens (including phenoxy) is 5. The van der Waals surface area contributed by atoms with Gasteiger partial charge in [0.2, 0.25) is 5.79 Å². The van der Waals surface area contributed by atoms with Crippen molar-refractivity contribution in [3.05, 3.63) is 47.6 Å². The predicted molar refractivity (Wildman–Crippen MR) is 245 cm³/mol. The number of ketones is 3. The second kappa shape index (κ2) is 25.1. The minimum absolute atomic E-state index is 0.0220. The largest absolute Gasteiger partial charge is 0.460 e. The highest BCUT2D eigenvalue weighted by molar-refractivity contribution is 6.39. The highest BCUT2D eigenvalue weighted by Crippen LogP contribution is 2.38. The highest BCUT2D eigenvalue weighted by atomic mass is 16.6. The fourth-order valence-corrected chi connectivity index (χ4v) is 10.1. The molecule has 2 bridgehead atoms. The minimum Gasteiger partial charge on any atom is -0.460 e. The molecule has 0 radical (unpaired) electrons. The summed E-state index contributed by atoms with van der Waals surface area (Å²) in [7, 11) is 4.53. The maximum atomic E-state index is 14.4. The number of esters is 1. The molecular formula is C51H79NO13. The standard InChI is InChI=1S/C51H79NO13/c1-30-16-12-11-13-17-31(2)42(61-8)28-38-21-19-36(7)51(60,65-38)48(57)49(58)52-23-15-14-18-39(52)50(59)64-43(33(4)26-37-20-22-40(53)44(27-37)62-9)29-41(54)32(3)25-35(6)46(56)47(63-10)45(55)34(5)24-30/h11-13,16-17,25,30,33-40,42-44,46-47,53,56,60H,14-15,18-24,26-29H2,1-10H3/t30-,33?,34-,35?,36-,37?,38+,39+,40-,42+,43+,44-,46-,47+,51-/m1/s1. The number of nitrogens with zero attached hydrogens (tertiary/aromatic N) is 1. The Morgan fingerprint density at radius 3 is 2.26 bits per heavy atom. The molecule has 14 nitrogen and oxygen atoms in total. The molecule has 1 aliphatic carbocycles. The van der Waals surface area contributed by atoms with E-state index >= 15 is 0 Å². The molecule has 65 heavy (non-hydrogen) atoms. The lowest BCUT2D eigenvalue weighted by molar-refractivity contribution is -0.265. The van der Waals surface area contributed by atoms with Gasteiger partial charge in [0.1, 0.15) is 18.2 Å². The van der Waals surface area contributed by atoms with E-state index in [-0.39, 0.29) is 54.8 Å². The van der Waals surface area contributed by atoms with Gasteiger partial charge in [-0.05, 0) is 107 Å². The Kier molecular flexibility index (Phi) is 21.0. The summed E-state index contributed by atoms with van der Waals surface area (Å²) in [4.78, 5) is 71.7. The molecule has 4 aliphatic rings. The first kappa shape index (κ1) is 54.2. The number of carbonyl (C=O) groups is 5. The zero-order chi connectivity index (χ0) is 48.2. The molecule has 1 saturated carbocycles. The molecule has 14 heteroatoms. The van der Waals surface area contributed by atoms with Crippen LogP contribution in [0.1, 0.15) is 126 Å². The van der Waals surface area contributed by atoms with Crippen LogP contribution >= 0.6 is 0 Å². The Labute approximate surface area is 387 Å². The van der Waals surface area contributed by atoms with Crippen LogP contribution in [0.4, 0.5) is 0 Å². The zero-order valence-corrected chi connectivity index (χ0v) is 40.6. The monoisotopic (exact) mass is 914 g/mol. The number of carbonyl (C=O) groups excluding carboxylic acids is 5. The first-order chi connectivity index (χ1) is 30.7. The molecule has 4 rings (SSSR count). The summed E-state index contributed by atoms with van der Waals surface area (Å²) < 4.78 is 29.4. The number of Topliss-reactive ketones (excluding diaryl/α,β-unsaturated/α-hetero) is 3. The molecule has 3 heterocycles. The molecule has 0 aromatic carbocycles. The number of hydrogen-bond donors (Lipinski definition) is 3. The van der Waals surface area contributed by atoms with E-state index in [0.29, 0.717) is 63.4 Å². The fraction of sp³-hybridized carbons (Fsp3) is 0.745. The van der Waals surface area contributed by atoms with E-state index in [1.165, 1.54) is 12.0 Å². The molecule has 0 aromatic rings. The van der Waals surface area contributed by atoms with Crippen LogP contribution in [0, 0.1) is 35.5 Å². The molecule has 15 atom stereocenters. The zero-order valence-electron chi connectivity index (χ0n) is 40.6. The Bertz CT molecular complexity index is 1760. The summed E-state index contributed by atoms with van der Waals surface area (Å²) in [6, 6.07) is -1.14. The van der Waals surface area contributed by atoms with Gasteiger partial charge in [-0.15, -0.1) is 0 Å². The summed E-state index contributed by atoms with van der Waals surface area (Å²) in [5, 5.41) is 33.9. The van der Waals surface area contributed by atoms with Crippen molar-refractivity contribution in [1.82, 2.24) is 4.90 Å². The number of aliphatic hydroxyl groups is 3. The van der Waals surface area contributed by atoms with Crippen LogP contribution in [0.3, 0.4) is 0 Å². The Morgan fingerprint density at radius 2 is 1.58 bits per heavy atom. The number of rotatable bonds is 6. The summed E-state index contributed by atoms with van der Waals surface area (Å²) in [6.07, 6.45) is 11.2. The third-order valence-corrected chi connectivity index (χ3v) is 14.5. The maximum absolute atomic E-state index is 14.4. The molecule has 2 saturated heterocycles. The summed E-state index contributed by atoms with van der Waals surface area (Å²) in [5.41, 5.74) is 1.19. The smallest absolute Gasteiger partial charge is 0.329 e. The predicted octanol–water partition coefficient (Wildman–Crippen LogP) is 6.18. The van der Waals surface area contributed by atoms with E-state index in [4.69, 9.17) is 23.7 Å². The number of methoxy groups -OCH3 is 3. The van der Waals surface area contributed by atoms with Crippen molar-refractivity contribution in [2.24, 2.45) is 35.5 Å². The second-order valence-electron chi connectivity index (χ2n) is 19.6. The third kappa shape index (κ3) is 14.3. The van der Waals surface area contributed by atoms with Crippen LogP contribution < -0.4 is 0 Å². The van der Waals surface area contributed by atoms with Gasteiger partial charge in [0.05, 0.1) is 30.5 Å². The average Bonchev–Trinajstić information content (AvgIpc) is 3.28. The van der Waals surface area contributed by atoms with E-state index in [2.05, 4.69) is 0 Å². The number of allylic oxidation sites excluding steroid dienone is 6. The maximum Gasteiger partial charge on any atom is 0.329 e.